The quantitative estimate of drug-likeness (QED) is 0.678. The SMILES string of the molecule is O=C(Cn1c(=O)cnc2ccccc21)OCCc1ccccc1. The standard InChI is InChI=1S/C18H16N2O3/c21-17-12-19-15-8-4-5-9-16(15)20(17)13-18(22)23-11-10-14-6-2-1-3-7-14/h1-9,12H,10-11,13H2. The summed E-state index contributed by atoms with van der Waals surface area (Å²) in [7, 11) is 0. The van der Waals surface area contributed by atoms with Gasteiger partial charge in [0.2, 0.25) is 0 Å². The summed E-state index contributed by atoms with van der Waals surface area (Å²) in [5.74, 6) is -0.431. The summed E-state index contributed by atoms with van der Waals surface area (Å²) in [4.78, 5) is 28.0. The molecule has 0 bridgehead atoms. The fourth-order valence-electron chi connectivity index (χ4n) is 2.38. The van der Waals surface area contributed by atoms with Crippen molar-refractivity contribution in [2.45, 2.75) is 13.0 Å². The molecule has 0 saturated heterocycles. The lowest BCUT2D eigenvalue weighted by molar-refractivity contribution is -0.144. The molecule has 3 rings (SSSR count). The highest BCUT2D eigenvalue weighted by molar-refractivity contribution is 5.77. The summed E-state index contributed by atoms with van der Waals surface area (Å²) < 4.78 is 6.62. The first kappa shape index (κ1) is 15.0. The number of esters is 1. The number of benzene rings is 2. The fourth-order valence-corrected chi connectivity index (χ4v) is 2.38. The molecule has 0 aliphatic rings. The Morgan fingerprint density at radius 1 is 1.04 bits per heavy atom. The summed E-state index contributed by atoms with van der Waals surface area (Å²) in [5.41, 5.74) is 2.08. The Morgan fingerprint density at radius 2 is 1.78 bits per heavy atom. The molecule has 1 heterocycles. The van der Waals surface area contributed by atoms with Crippen molar-refractivity contribution in [2.24, 2.45) is 0 Å². The van der Waals surface area contributed by atoms with Gasteiger partial charge in [-0.15, -0.1) is 0 Å². The van der Waals surface area contributed by atoms with Crippen LogP contribution in [0.2, 0.25) is 0 Å². The van der Waals surface area contributed by atoms with E-state index in [0.717, 1.165) is 5.56 Å². The molecular formula is C18H16N2O3. The molecule has 116 valence electrons. The molecular weight excluding hydrogens is 292 g/mol. The molecule has 0 amide bonds. The Labute approximate surface area is 133 Å². The number of carbonyl (C=O) groups excluding carboxylic acids is 1. The summed E-state index contributed by atoms with van der Waals surface area (Å²) in [5, 5.41) is 0. The van der Waals surface area contributed by atoms with E-state index in [1.54, 1.807) is 18.2 Å². The van der Waals surface area contributed by atoms with Crippen LogP contribution in [0.4, 0.5) is 0 Å². The van der Waals surface area contributed by atoms with E-state index in [1.165, 1.54) is 10.8 Å². The Morgan fingerprint density at radius 3 is 2.61 bits per heavy atom. The highest BCUT2D eigenvalue weighted by atomic mass is 16.5. The van der Waals surface area contributed by atoms with Gasteiger partial charge in [0.05, 0.1) is 23.8 Å². The zero-order chi connectivity index (χ0) is 16.1. The van der Waals surface area contributed by atoms with E-state index in [4.69, 9.17) is 4.74 Å². The first-order valence-corrected chi connectivity index (χ1v) is 7.38. The molecule has 1 aromatic heterocycles. The van der Waals surface area contributed by atoms with Gasteiger partial charge >= 0.3 is 5.97 Å². The van der Waals surface area contributed by atoms with Crippen molar-refractivity contribution >= 4 is 17.0 Å². The molecule has 0 aliphatic carbocycles. The lowest BCUT2D eigenvalue weighted by Crippen LogP contribution is -2.26. The van der Waals surface area contributed by atoms with E-state index in [-0.39, 0.29) is 12.1 Å². The predicted octanol–water partition coefficient (Wildman–Crippen LogP) is 2.18. The van der Waals surface area contributed by atoms with Gasteiger partial charge in [0.15, 0.2) is 0 Å². The van der Waals surface area contributed by atoms with Crippen LogP contribution in [0, 0.1) is 0 Å². The van der Waals surface area contributed by atoms with E-state index in [1.807, 2.05) is 36.4 Å². The smallest absolute Gasteiger partial charge is 0.326 e. The maximum atomic E-state index is 12.0. The largest absolute Gasteiger partial charge is 0.464 e. The van der Waals surface area contributed by atoms with Crippen molar-refractivity contribution in [3.8, 4) is 0 Å². The van der Waals surface area contributed by atoms with Crippen LogP contribution in [-0.4, -0.2) is 22.1 Å². The maximum Gasteiger partial charge on any atom is 0.326 e. The van der Waals surface area contributed by atoms with E-state index in [0.29, 0.717) is 24.1 Å². The number of aromatic nitrogens is 2. The predicted molar refractivity (Wildman–Crippen MR) is 87.1 cm³/mol. The normalized spacial score (nSPS) is 10.6. The lowest BCUT2D eigenvalue weighted by atomic mass is 10.2. The van der Waals surface area contributed by atoms with Gasteiger partial charge in [0, 0.05) is 6.42 Å². The summed E-state index contributed by atoms with van der Waals surface area (Å²) >= 11 is 0. The van der Waals surface area contributed by atoms with Crippen LogP contribution < -0.4 is 5.56 Å². The van der Waals surface area contributed by atoms with Gasteiger partial charge in [0.1, 0.15) is 6.54 Å². The minimum atomic E-state index is -0.431. The number of ether oxygens (including phenoxy) is 1. The third-order valence-electron chi connectivity index (χ3n) is 3.54. The molecule has 0 fully saturated rings. The number of fused-ring (bicyclic) bond motifs is 1. The molecule has 0 atom stereocenters. The average molecular weight is 308 g/mol. The van der Waals surface area contributed by atoms with Crippen LogP contribution >= 0.6 is 0 Å². The van der Waals surface area contributed by atoms with E-state index in [9.17, 15) is 9.59 Å². The average Bonchev–Trinajstić information content (AvgIpc) is 2.58. The number of carbonyl (C=O) groups is 1. The second-order valence-corrected chi connectivity index (χ2v) is 5.13. The first-order chi connectivity index (χ1) is 11.2. The van der Waals surface area contributed by atoms with Crippen LogP contribution in [0.5, 0.6) is 0 Å². The van der Waals surface area contributed by atoms with Crippen molar-refractivity contribution in [3.05, 3.63) is 76.7 Å². The van der Waals surface area contributed by atoms with Crippen LogP contribution in [0.3, 0.4) is 0 Å². The molecule has 0 radical (unpaired) electrons. The third-order valence-corrected chi connectivity index (χ3v) is 3.54. The molecule has 0 saturated carbocycles. The molecule has 0 N–H and O–H groups in total. The molecule has 0 unspecified atom stereocenters. The van der Waals surface area contributed by atoms with Crippen molar-refractivity contribution in [2.75, 3.05) is 6.61 Å². The highest BCUT2D eigenvalue weighted by Crippen LogP contribution is 2.08. The van der Waals surface area contributed by atoms with Crippen molar-refractivity contribution in [1.29, 1.82) is 0 Å². The molecule has 3 aromatic rings. The van der Waals surface area contributed by atoms with Crippen molar-refractivity contribution in [1.82, 2.24) is 9.55 Å². The first-order valence-electron chi connectivity index (χ1n) is 7.38. The van der Waals surface area contributed by atoms with E-state index < -0.39 is 5.97 Å². The van der Waals surface area contributed by atoms with Gasteiger partial charge in [-0.1, -0.05) is 42.5 Å². The number of nitrogens with zero attached hydrogens (tertiary/aromatic N) is 2. The fraction of sp³-hybridized carbons (Fsp3) is 0.167. The van der Waals surface area contributed by atoms with Crippen molar-refractivity contribution in [3.63, 3.8) is 0 Å². The van der Waals surface area contributed by atoms with Crippen LogP contribution in [-0.2, 0) is 22.5 Å². The topological polar surface area (TPSA) is 61.2 Å². The minimum absolute atomic E-state index is 0.114. The van der Waals surface area contributed by atoms with Crippen molar-refractivity contribution < 1.29 is 9.53 Å². The molecule has 2 aromatic carbocycles. The Hall–Kier alpha value is -2.95. The third kappa shape index (κ3) is 3.63. The number of para-hydroxylation sites is 2. The second kappa shape index (κ2) is 6.87. The summed E-state index contributed by atoms with van der Waals surface area (Å²) in [6, 6.07) is 17.0. The molecule has 5 nitrogen and oxygen atoms in total. The van der Waals surface area contributed by atoms with Gasteiger partial charge in [-0.3, -0.25) is 14.2 Å². The molecule has 0 aliphatic heterocycles. The van der Waals surface area contributed by atoms with Crippen LogP contribution in [0.25, 0.3) is 11.0 Å². The summed E-state index contributed by atoms with van der Waals surface area (Å²) in [6.07, 6.45) is 1.87. The Kier molecular flexibility index (Phi) is 4.47. The van der Waals surface area contributed by atoms with Gasteiger partial charge < -0.3 is 4.74 Å². The molecule has 0 spiro atoms. The molecule has 5 heteroatoms. The Balaban J connectivity index is 1.66. The lowest BCUT2D eigenvalue weighted by Gasteiger charge is -2.09. The highest BCUT2D eigenvalue weighted by Gasteiger charge is 2.09. The number of hydrogen-bond acceptors (Lipinski definition) is 4. The Bertz CT molecular complexity index is 872. The monoisotopic (exact) mass is 308 g/mol. The van der Waals surface area contributed by atoms with Crippen LogP contribution in [0.1, 0.15) is 5.56 Å². The summed E-state index contributed by atoms with van der Waals surface area (Å²) in [6.45, 7) is 0.178. The van der Waals surface area contributed by atoms with E-state index in [2.05, 4.69) is 4.98 Å². The molecule has 23 heavy (non-hydrogen) atoms. The number of hydrogen-bond donors (Lipinski definition) is 0. The van der Waals surface area contributed by atoms with Gasteiger partial charge in [-0.25, -0.2) is 4.98 Å². The second-order valence-electron chi connectivity index (χ2n) is 5.13. The maximum absolute atomic E-state index is 12.0. The van der Waals surface area contributed by atoms with Crippen LogP contribution in [0.15, 0.2) is 65.6 Å². The van der Waals surface area contributed by atoms with Gasteiger partial charge in [-0.2, -0.15) is 0 Å². The van der Waals surface area contributed by atoms with Gasteiger partial charge in [0.25, 0.3) is 5.56 Å². The zero-order valence-electron chi connectivity index (χ0n) is 12.5. The minimum Gasteiger partial charge on any atom is -0.464 e. The zero-order valence-corrected chi connectivity index (χ0v) is 12.5. The number of rotatable bonds is 5. The van der Waals surface area contributed by atoms with Gasteiger partial charge in [-0.05, 0) is 17.7 Å². The van der Waals surface area contributed by atoms with E-state index >= 15 is 0 Å².